The molecule has 0 radical (unpaired) electrons. The first-order valence-electron chi connectivity index (χ1n) is 11.4. The third kappa shape index (κ3) is 4.93. The lowest BCUT2D eigenvalue weighted by Crippen LogP contribution is -2.61. The van der Waals surface area contributed by atoms with Crippen LogP contribution in [0.5, 0.6) is 0 Å². The largest absolute Gasteiger partial charge is 0.416 e. The third-order valence-corrected chi connectivity index (χ3v) is 7.01. The first-order chi connectivity index (χ1) is 16.8. The number of amides is 1. The van der Waals surface area contributed by atoms with Gasteiger partial charge in [0, 0.05) is 55.0 Å². The van der Waals surface area contributed by atoms with Gasteiger partial charge in [0.05, 0.1) is 17.5 Å². The number of benzene rings is 2. The lowest BCUT2D eigenvalue weighted by Gasteiger charge is -2.49. The molecule has 2 atom stereocenters. The molecule has 2 aliphatic rings. The van der Waals surface area contributed by atoms with Crippen LogP contribution in [0.15, 0.2) is 67.0 Å². The van der Waals surface area contributed by atoms with Crippen molar-refractivity contribution in [2.45, 2.75) is 25.2 Å². The van der Waals surface area contributed by atoms with Gasteiger partial charge in [0.25, 0.3) is 0 Å². The topological polar surface area (TPSA) is 48.5 Å². The summed E-state index contributed by atoms with van der Waals surface area (Å²) in [5.74, 6) is -0.678. The van der Waals surface area contributed by atoms with Crippen LogP contribution in [0.1, 0.15) is 16.7 Å². The number of nitrogens with zero attached hydrogens (tertiary/aromatic N) is 3. The smallest absolute Gasteiger partial charge is 0.368 e. The summed E-state index contributed by atoms with van der Waals surface area (Å²) in [5.41, 5.74) is 2.50. The molecule has 1 saturated heterocycles. The predicted octanol–water partition coefficient (Wildman–Crippen LogP) is 4.94. The second-order valence-electron chi connectivity index (χ2n) is 8.91. The summed E-state index contributed by atoms with van der Waals surface area (Å²) in [5, 5.41) is 3.62. The first-order valence-corrected chi connectivity index (χ1v) is 11.8. The molecule has 35 heavy (non-hydrogen) atoms. The van der Waals surface area contributed by atoms with Gasteiger partial charge in [-0.3, -0.25) is 9.78 Å². The summed E-state index contributed by atoms with van der Waals surface area (Å²) in [6.45, 7) is 2.17. The van der Waals surface area contributed by atoms with E-state index in [1.54, 1.807) is 24.5 Å². The zero-order valence-electron chi connectivity index (χ0n) is 18.8. The number of aromatic nitrogens is 1. The van der Waals surface area contributed by atoms with Crippen LogP contribution in [0.25, 0.3) is 0 Å². The van der Waals surface area contributed by atoms with Crippen LogP contribution in [0.4, 0.5) is 24.5 Å². The molecule has 2 aromatic carbocycles. The van der Waals surface area contributed by atoms with E-state index >= 15 is 0 Å². The highest BCUT2D eigenvalue weighted by Crippen LogP contribution is 2.40. The van der Waals surface area contributed by atoms with Crippen LogP contribution in [-0.2, 0) is 23.9 Å². The number of carbonyl (C=O) groups is 1. The monoisotopic (exact) mass is 500 g/mol. The number of anilines is 2. The molecular formula is C26H24ClF3N4O. The lowest BCUT2D eigenvalue weighted by atomic mass is 9.82. The Morgan fingerprint density at radius 3 is 2.63 bits per heavy atom. The van der Waals surface area contributed by atoms with Crippen molar-refractivity contribution in [2.75, 3.05) is 29.4 Å². The highest BCUT2D eigenvalue weighted by Gasteiger charge is 2.42. The van der Waals surface area contributed by atoms with Crippen LogP contribution < -0.4 is 15.1 Å². The van der Waals surface area contributed by atoms with Crippen LogP contribution in [0.3, 0.4) is 0 Å². The summed E-state index contributed by atoms with van der Waals surface area (Å²) in [7, 11) is 0. The van der Waals surface area contributed by atoms with Gasteiger partial charge in [-0.1, -0.05) is 17.7 Å². The molecule has 3 heterocycles. The molecule has 182 valence electrons. The Balaban J connectivity index is 1.44. The molecule has 1 N–H and O–H groups in total. The molecule has 0 saturated carbocycles. The van der Waals surface area contributed by atoms with E-state index in [0.29, 0.717) is 36.8 Å². The van der Waals surface area contributed by atoms with E-state index in [0.717, 1.165) is 23.0 Å². The SMILES string of the molecule is O=C(NCc1cccnc1)C1Cc2cc(C(F)(F)F)ccc2N2CCN(c3ccc(Cl)cc3)CC12. The van der Waals surface area contributed by atoms with Crippen LogP contribution >= 0.6 is 11.6 Å². The van der Waals surface area contributed by atoms with Crippen molar-refractivity contribution in [3.8, 4) is 0 Å². The summed E-state index contributed by atoms with van der Waals surface area (Å²) >= 11 is 6.05. The van der Waals surface area contributed by atoms with Gasteiger partial charge < -0.3 is 15.1 Å². The van der Waals surface area contributed by atoms with Gasteiger partial charge in [-0.2, -0.15) is 13.2 Å². The standard InChI is InChI=1S/C26H24ClF3N4O/c27-20-4-6-21(7-5-20)33-10-11-34-23-8-3-19(26(28,29)30)12-18(23)13-22(24(34)16-33)25(35)32-15-17-2-1-9-31-14-17/h1-9,12,14,22,24H,10-11,13,15-16H2,(H,32,35). The number of alkyl halides is 3. The highest BCUT2D eigenvalue weighted by molar-refractivity contribution is 6.30. The van der Waals surface area contributed by atoms with Crippen molar-refractivity contribution in [3.05, 3.63) is 88.7 Å². The maximum Gasteiger partial charge on any atom is 0.416 e. The van der Waals surface area contributed by atoms with E-state index in [4.69, 9.17) is 11.6 Å². The molecule has 1 aromatic heterocycles. The fraction of sp³-hybridized carbons (Fsp3) is 0.308. The minimum atomic E-state index is -4.43. The van der Waals surface area contributed by atoms with Crippen molar-refractivity contribution in [2.24, 2.45) is 5.92 Å². The van der Waals surface area contributed by atoms with Gasteiger partial charge in [0.15, 0.2) is 0 Å². The minimum Gasteiger partial charge on any atom is -0.368 e. The van der Waals surface area contributed by atoms with Gasteiger partial charge in [-0.15, -0.1) is 0 Å². The number of halogens is 4. The molecule has 2 unspecified atom stereocenters. The number of rotatable bonds is 4. The molecule has 9 heteroatoms. The minimum absolute atomic E-state index is 0.176. The average Bonchev–Trinajstić information content (AvgIpc) is 2.86. The number of fused-ring (bicyclic) bond motifs is 3. The molecular weight excluding hydrogens is 477 g/mol. The molecule has 0 spiro atoms. The normalized spacial score (nSPS) is 19.7. The molecule has 1 fully saturated rings. The molecule has 0 bridgehead atoms. The van der Waals surface area contributed by atoms with Gasteiger partial charge in [0.2, 0.25) is 5.91 Å². The lowest BCUT2D eigenvalue weighted by molar-refractivity contribution is -0.137. The van der Waals surface area contributed by atoms with Gasteiger partial charge in [-0.05, 0) is 66.1 Å². The quantitative estimate of drug-likeness (QED) is 0.551. The van der Waals surface area contributed by atoms with Crippen molar-refractivity contribution < 1.29 is 18.0 Å². The number of piperazine rings is 1. The summed E-state index contributed by atoms with van der Waals surface area (Å²) < 4.78 is 40.2. The molecule has 2 aliphatic heterocycles. The zero-order chi connectivity index (χ0) is 24.6. The number of nitrogens with one attached hydrogen (secondary N) is 1. The molecule has 0 aliphatic carbocycles. The van der Waals surface area contributed by atoms with Gasteiger partial charge in [0.1, 0.15) is 0 Å². The maximum atomic E-state index is 13.4. The maximum absolute atomic E-state index is 13.4. The number of carbonyl (C=O) groups excluding carboxylic acids is 1. The number of hydrogen-bond acceptors (Lipinski definition) is 4. The Morgan fingerprint density at radius 1 is 1.11 bits per heavy atom. The van der Waals surface area contributed by atoms with Gasteiger partial charge >= 0.3 is 6.18 Å². The second-order valence-corrected chi connectivity index (χ2v) is 9.35. The van der Waals surface area contributed by atoms with E-state index in [1.165, 1.54) is 6.07 Å². The van der Waals surface area contributed by atoms with E-state index < -0.39 is 17.7 Å². The van der Waals surface area contributed by atoms with Crippen molar-refractivity contribution in [3.63, 3.8) is 0 Å². The summed E-state index contributed by atoms with van der Waals surface area (Å²) in [6.07, 6.45) is -0.848. The Kier molecular flexibility index (Phi) is 6.32. The zero-order valence-corrected chi connectivity index (χ0v) is 19.6. The summed E-state index contributed by atoms with van der Waals surface area (Å²) in [4.78, 5) is 21.8. The third-order valence-electron chi connectivity index (χ3n) is 6.76. The van der Waals surface area contributed by atoms with E-state index in [-0.39, 0.29) is 18.4 Å². The predicted molar refractivity (Wildman–Crippen MR) is 130 cm³/mol. The molecule has 1 amide bonds. The Hall–Kier alpha value is -3.26. The number of hydrogen-bond donors (Lipinski definition) is 1. The van der Waals surface area contributed by atoms with Crippen LogP contribution in [0, 0.1) is 5.92 Å². The highest BCUT2D eigenvalue weighted by atomic mass is 35.5. The van der Waals surface area contributed by atoms with Crippen molar-refractivity contribution in [1.29, 1.82) is 0 Å². The molecule has 5 rings (SSSR count). The Bertz CT molecular complexity index is 1200. The van der Waals surface area contributed by atoms with Crippen LogP contribution in [0.2, 0.25) is 5.02 Å². The molecule has 3 aromatic rings. The van der Waals surface area contributed by atoms with E-state index in [9.17, 15) is 18.0 Å². The van der Waals surface area contributed by atoms with Crippen LogP contribution in [-0.4, -0.2) is 36.6 Å². The fourth-order valence-corrected chi connectivity index (χ4v) is 5.13. The van der Waals surface area contributed by atoms with Crippen molar-refractivity contribution in [1.82, 2.24) is 10.3 Å². The average molecular weight is 501 g/mol. The fourth-order valence-electron chi connectivity index (χ4n) is 5.01. The first kappa shape index (κ1) is 23.5. The van der Waals surface area contributed by atoms with E-state index in [1.807, 2.05) is 30.3 Å². The second kappa shape index (κ2) is 9.41. The van der Waals surface area contributed by atoms with Crippen molar-refractivity contribution >= 4 is 28.9 Å². The van der Waals surface area contributed by atoms with Gasteiger partial charge in [-0.25, -0.2) is 0 Å². The Labute approximate surface area is 206 Å². The van der Waals surface area contributed by atoms with E-state index in [2.05, 4.69) is 20.1 Å². The molecule has 5 nitrogen and oxygen atoms in total. The summed E-state index contributed by atoms with van der Waals surface area (Å²) in [6, 6.07) is 14.9. The Morgan fingerprint density at radius 2 is 1.91 bits per heavy atom. The number of pyridine rings is 1.